The fraction of sp³-hybridized carbons (Fsp3) is 0.286. The lowest BCUT2D eigenvalue weighted by atomic mass is 9.96. The normalized spacial score (nSPS) is 19.7. The summed E-state index contributed by atoms with van der Waals surface area (Å²) in [6, 6.07) is 28.0. The van der Waals surface area contributed by atoms with Crippen molar-refractivity contribution in [3.63, 3.8) is 0 Å². The third-order valence-corrected chi connectivity index (χ3v) is 6.84. The van der Waals surface area contributed by atoms with Crippen molar-refractivity contribution >= 4 is 17.5 Å². The predicted molar refractivity (Wildman–Crippen MR) is 132 cm³/mol. The minimum Gasteiger partial charge on any atom is -0.497 e. The van der Waals surface area contributed by atoms with Gasteiger partial charge in [0.15, 0.2) is 0 Å². The van der Waals surface area contributed by atoms with E-state index >= 15 is 0 Å². The molecule has 6 heteroatoms. The van der Waals surface area contributed by atoms with E-state index in [-0.39, 0.29) is 24.3 Å². The second-order valence-corrected chi connectivity index (χ2v) is 8.78. The molecule has 0 saturated carbocycles. The van der Waals surface area contributed by atoms with Crippen LogP contribution in [0.5, 0.6) is 5.75 Å². The SMILES string of the molecule is COc1ccc(N2C(=O)C[C@H](N3CCN(C(c4ccccc4)c4ccccc4)CC3)C2=O)cc1. The average molecular weight is 456 g/mol. The van der Waals surface area contributed by atoms with Gasteiger partial charge in [-0.25, -0.2) is 4.90 Å². The zero-order valence-corrected chi connectivity index (χ0v) is 19.3. The fourth-order valence-electron chi connectivity index (χ4n) is 5.10. The zero-order valence-electron chi connectivity index (χ0n) is 19.3. The molecule has 1 atom stereocenters. The lowest BCUT2D eigenvalue weighted by molar-refractivity contribution is -0.123. The summed E-state index contributed by atoms with van der Waals surface area (Å²) >= 11 is 0. The number of imide groups is 1. The number of anilines is 1. The molecular formula is C28H29N3O3. The van der Waals surface area contributed by atoms with Crippen molar-refractivity contribution in [3.8, 4) is 5.75 Å². The number of hydrogen-bond donors (Lipinski definition) is 0. The fourth-order valence-corrected chi connectivity index (χ4v) is 5.10. The van der Waals surface area contributed by atoms with Crippen molar-refractivity contribution in [1.82, 2.24) is 9.80 Å². The molecule has 0 aliphatic carbocycles. The van der Waals surface area contributed by atoms with Gasteiger partial charge >= 0.3 is 0 Å². The maximum Gasteiger partial charge on any atom is 0.251 e. The Morgan fingerprint density at radius 3 is 1.85 bits per heavy atom. The van der Waals surface area contributed by atoms with Gasteiger partial charge in [-0.05, 0) is 35.4 Å². The lowest BCUT2D eigenvalue weighted by Gasteiger charge is -2.41. The second kappa shape index (κ2) is 9.79. The third-order valence-electron chi connectivity index (χ3n) is 6.84. The molecule has 3 aromatic carbocycles. The molecule has 0 radical (unpaired) electrons. The van der Waals surface area contributed by atoms with Crippen LogP contribution in [0.1, 0.15) is 23.6 Å². The molecule has 2 heterocycles. The van der Waals surface area contributed by atoms with E-state index in [4.69, 9.17) is 4.74 Å². The molecule has 2 saturated heterocycles. The quantitative estimate of drug-likeness (QED) is 0.530. The van der Waals surface area contributed by atoms with Crippen molar-refractivity contribution in [3.05, 3.63) is 96.1 Å². The van der Waals surface area contributed by atoms with E-state index in [0.29, 0.717) is 11.4 Å². The average Bonchev–Trinajstić information content (AvgIpc) is 3.19. The van der Waals surface area contributed by atoms with Crippen LogP contribution in [0.2, 0.25) is 0 Å². The Kier molecular flexibility index (Phi) is 6.43. The Morgan fingerprint density at radius 1 is 0.765 bits per heavy atom. The standard InChI is InChI=1S/C28H29N3O3/c1-34-24-14-12-23(13-15-24)31-26(32)20-25(28(31)33)29-16-18-30(19-17-29)27(21-8-4-2-5-9-21)22-10-6-3-7-11-22/h2-15,25,27H,16-20H2,1H3/t25-/m0/s1. The monoisotopic (exact) mass is 455 g/mol. The van der Waals surface area contributed by atoms with Gasteiger partial charge in [0.05, 0.1) is 31.3 Å². The molecule has 34 heavy (non-hydrogen) atoms. The summed E-state index contributed by atoms with van der Waals surface area (Å²) in [5.41, 5.74) is 3.13. The number of methoxy groups -OCH3 is 1. The molecule has 2 aliphatic rings. The van der Waals surface area contributed by atoms with E-state index in [1.165, 1.54) is 16.0 Å². The van der Waals surface area contributed by atoms with Crippen LogP contribution in [0.3, 0.4) is 0 Å². The summed E-state index contributed by atoms with van der Waals surface area (Å²) in [7, 11) is 1.59. The predicted octanol–water partition coefficient (Wildman–Crippen LogP) is 3.73. The van der Waals surface area contributed by atoms with Crippen LogP contribution in [0.4, 0.5) is 5.69 Å². The highest BCUT2D eigenvalue weighted by molar-refractivity contribution is 6.22. The van der Waals surface area contributed by atoms with Gasteiger partial charge in [-0.1, -0.05) is 60.7 Å². The summed E-state index contributed by atoms with van der Waals surface area (Å²) in [5.74, 6) is 0.419. The number of carbonyl (C=O) groups is 2. The van der Waals surface area contributed by atoms with E-state index in [1.807, 2.05) is 12.1 Å². The highest BCUT2D eigenvalue weighted by Crippen LogP contribution is 2.32. The minimum absolute atomic E-state index is 0.133. The van der Waals surface area contributed by atoms with Crippen LogP contribution >= 0.6 is 0 Å². The molecule has 0 N–H and O–H groups in total. The zero-order chi connectivity index (χ0) is 23.5. The number of amides is 2. The van der Waals surface area contributed by atoms with Gasteiger partial charge in [-0.15, -0.1) is 0 Å². The van der Waals surface area contributed by atoms with Crippen molar-refractivity contribution in [2.75, 3.05) is 38.2 Å². The number of benzene rings is 3. The molecule has 174 valence electrons. The van der Waals surface area contributed by atoms with Crippen molar-refractivity contribution in [2.45, 2.75) is 18.5 Å². The van der Waals surface area contributed by atoms with Gasteiger partial charge in [0, 0.05) is 26.2 Å². The summed E-state index contributed by atoms with van der Waals surface area (Å²) in [5, 5.41) is 0. The van der Waals surface area contributed by atoms with Gasteiger partial charge in [0.2, 0.25) is 5.91 Å². The molecule has 2 amide bonds. The first kappa shape index (κ1) is 22.3. The summed E-state index contributed by atoms with van der Waals surface area (Å²) in [6.45, 7) is 3.15. The van der Waals surface area contributed by atoms with Crippen LogP contribution in [0.15, 0.2) is 84.9 Å². The smallest absolute Gasteiger partial charge is 0.251 e. The Labute approximate surface area is 200 Å². The Morgan fingerprint density at radius 2 is 1.32 bits per heavy atom. The molecule has 3 aromatic rings. The third kappa shape index (κ3) is 4.34. The molecule has 2 aliphatic heterocycles. The van der Waals surface area contributed by atoms with E-state index in [9.17, 15) is 9.59 Å². The first-order valence-corrected chi connectivity index (χ1v) is 11.7. The van der Waals surface area contributed by atoms with Crippen molar-refractivity contribution in [1.29, 1.82) is 0 Å². The highest BCUT2D eigenvalue weighted by atomic mass is 16.5. The van der Waals surface area contributed by atoms with Gasteiger partial charge in [-0.2, -0.15) is 0 Å². The number of piperazine rings is 1. The molecule has 0 spiro atoms. The lowest BCUT2D eigenvalue weighted by Crippen LogP contribution is -2.53. The molecule has 5 rings (SSSR count). The number of hydrogen-bond acceptors (Lipinski definition) is 5. The molecule has 0 unspecified atom stereocenters. The van der Waals surface area contributed by atoms with Gasteiger partial charge < -0.3 is 4.74 Å². The molecule has 0 aromatic heterocycles. The molecule has 6 nitrogen and oxygen atoms in total. The van der Waals surface area contributed by atoms with Gasteiger partial charge in [0.1, 0.15) is 5.75 Å². The van der Waals surface area contributed by atoms with Gasteiger partial charge in [0.25, 0.3) is 5.91 Å². The van der Waals surface area contributed by atoms with E-state index < -0.39 is 6.04 Å². The Balaban J connectivity index is 1.29. The highest BCUT2D eigenvalue weighted by Gasteiger charge is 2.43. The molecular weight excluding hydrogens is 426 g/mol. The molecule has 2 fully saturated rings. The maximum atomic E-state index is 13.2. The first-order chi connectivity index (χ1) is 16.7. The van der Waals surface area contributed by atoms with Crippen LogP contribution in [0.25, 0.3) is 0 Å². The molecule has 0 bridgehead atoms. The summed E-state index contributed by atoms with van der Waals surface area (Å²) in [6.07, 6.45) is 0.228. The van der Waals surface area contributed by atoms with E-state index in [1.54, 1.807) is 31.4 Å². The van der Waals surface area contributed by atoms with Crippen LogP contribution < -0.4 is 9.64 Å². The number of ether oxygens (including phenoxy) is 1. The number of rotatable bonds is 6. The summed E-state index contributed by atoms with van der Waals surface area (Å²) < 4.78 is 5.19. The van der Waals surface area contributed by atoms with Crippen LogP contribution in [0, 0.1) is 0 Å². The number of nitrogens with zero attached hydrogens (tertiary/aromatic N) is 3. The largest absolute Gasteiger partial charge is 0.497 e. The van der Waals surface area contributed by atoms with E-state index in [2.05, 4.69) is 58.3 Å². The topological polar surface area (TPSA) is 53.1 Å². The van der Waals surface area contributed by atoms with Crippen molar-refractivity contribution < 1.29 is 14.3 Å². The van der Waals surface area contributed by atoms with Crippen molar-refractivity contribution in [2.24, 2.45) is 0 Å². The maximum absolute atomic E-state index is 13.2. The second-order valence-electron chi connectivity index (χ2n) is 8.78. The Hall–Kier alpha value is -3.48. The first-order valence-electron chi connectivity index (χ1n) is 11.7. The van der Waals surface area contributed by atoms with Crippen LogP contribution in [-0.2, 0) is 9.59 Å². The minimum atomic E-state index is -0.399. The van der Waals surface area contributed by atoms with Gasteiger partial charge in [-0.3, -0.25) is 19.4 Å². The Bertz CT molecular complexity index is 1090. The summed E-state index contributed by atoms with van der Waals surface area (Å²) in [4.78, 5) is 32.0. The van der Waals surface area contributed by atoms with Crippen LogP contribution in [-0.4, -0.2) is 60.9 Å². The van der Waals surface area contributed by atoms with E-state index in [0.717, 1.165) is 26.2 Å². The number of carbonyl (C=O) groups excluding carboxylic acids is 2.